The maximum atomic E-state index is 11.4. The second-order valence-electron chi connectivity index (χ2n) is 4.22. The Bertz CT molecular complexity index is 421. The summed E-state index contributed by atoms with van der Waals surface area (Å²) in [6, 6.07) is 1.39. The molecule has 0 bridgehead atoms. The van der Waals surface area contributed by atoms with Gasteiger partial charge in [0.1, 0.15) is 11.4 Å². The Balaban J connectivity index is 2.79. The van der Waals surface area contributed by atoms with Gasteiger partial charge in [0, 0.05) is 6.07 Å². The summed E-state index contributed by atoms with van der Waals surface area (Å²) < 4.78 is 5.04. The van der Waals surface area contributed by atoms with Gasteiger partial charge in [-0.05, 0) is 20.8 Å². The Hall–Kier alpha value is -0.710. The van der Waals surface area contributed by atoms with Crippen LogP contribution >= 0.6 is 34.8 Å². The van der Waals surface area contributed by atoms with E-state index in [1.165, 1.54) is 6.07 Å². The molecule has 1 aromatic heterocycles. The normalized spacial score (nSPS) is 11.2. The maximum Gasteiger partial charge on any atom is 0.413 e. The van der Waals surface area contributed by atoms with Crippen molar-refractivity contribution in [1.29, 1.82) is 0 Å². The van der Waals surface area contributed by atoms with Crippen molar-refractivity contribution in [3.63, 3.8) is 0 Å². The number of carbonyl (C=O) groups is 1. The largest absolute Gasteiger partial charge is 0.444 e. The van der Waals surface area contributed by atoms with Crippen molar-refractivity contribution >= 4 is 46.7 Å². The zero-order valence-corrected chi connectivity index (χ0v) is 11.7. The van der Waals surface area contributed by atoms with Crippen LogP contribution in [-0.2, 0) is 4.74 Å². The molecule has 1 rings (SSSR count). The smallest absolute Gasteiger partial charge is 0.413 e. The molecule has 0 saturated heterocycles. The average molecular weight is 298 g/mol. The van der Waals surface area contributed by atoms with E-state index in [-0.39, 0.29) is 21.0 Å². The van der Waals surface area contributed by atoms with Crippen molar-refractivity contribution in [2.45, 2.75) is 26.4 Å². The average Bonchev–Trinajstić information content (AvgIpc) is 2.10. The molecule has 17 heavy (non-hydrogen) atoms. The molecule has 0 atom stereocenters. The number of rotatable bonds is 1. The lowest BCUT2D eigenvalue weighted by atomic mass is 10.2. The standard InChI is InChI=1S/C10H11Cl3N2O2/c1-10(2,3)17-9(16)15-6-4-5(11)7(12)8(13)14-6/h4H,1-3H3,(H,14,15,16). The molecule has 7 heteroatoms. The van der Waals surface area contributed by atoms with Crippen LogP contribution in [0, 0.1) is 0 Å². The topological polar surface area (TPSA) is 51.2 Å². The Morgan fingerprint density at radius 2 is 1.94 bits per heavy atom. The molecule has 4 nitrogen and oxygen atoms in total. The highest BCUT2D eigenvalue weighted by Crippen LogP contribution is 2.30. The van der Waals surface area contributed by atoms with Crippen molar-refractivity contribution in [2.24, 2.45) is 0 Å². The summed E-state index contributed by atoms with van der Waals surface area (Å²) in [6.45, 7) is 5.26. The summed E-state index contributed by atoms with van der Waals surface area (Å²) in [7, 11) is 0. The molecule has 1 amide bonds. The summed E-state index contributed by atoms with van der Waals surface area (Å²) in [5, 5.41) is 2.77. The molecular weight excluding hydrogens is 286 g/mol. The number of hydrogen-bond donors (Lipinski definition) is 1. The molecule has 1 heterocycles. The number of carbonyl (C=O) groups excluding carboxylic acids is 1. The zero-order valence-electron chi connectivity index (χ0n) is 9.47. The van der Waals surface area contributed by atoms with Gasteiger partial charge in [0.25, 0.3) is 0 Å². The number of hydrogen-bond acceptors (Lipinski definition) is 3. The van der Waals surface area contributed by atoms with Crippen LogP contribution in [0.4, 0.5) is 10.6 Å². The lowest BCUT2D eigenvalue weighted by Crippen LogP contribution is -2.27. The van der Waals surface area contributed by atoms with Crippen molar-refractivity contribution in [1.82, 2.24) is 4.98 Å². The summed E-state index contributed by atoms with van der Waals surface area (Å²) >= 11 is 17.2. The van der Waals surface area contributed by atoms with E-state index in [4.69, 9.17) is 39.5 Å². The van der Waals surface area contributed by atoms with Crippen LogP contribution in [0.5, 0.6) is 0 Å². The third-order valence-corrected chi connectivity index (χ3v) is 2.65. The van der Waals surface area contributed by atoms with Crippen LogP contribution in [0.1, 0.15) is 20.8 Å². The number of halogens is 3. The van der Waals surface area contributed by atoms with Crippen molar-refractivity contribution in [3.8, 4) is 0 Å². The van der Waals surface area contributed by atoms with Gasteiger partial charge in [-0.2, -0.15) is 0 Å². The third-order valence-electron chi connectivity index (χ3n) is 1.50. The van der Waals surface area contributed by atoms with E-state index in [0.29, 0.717) is 0 Å². The molecule has 0 saturated carbocycles. The van der Waals surface area contributed by atoms with Crippen molar-refractivity contribution in [3.05, 3.63) is 21.3 Å². The number of pyridine rings is 1. The molecule has 0 aliphatic rings. The zero-order chi connectivity index (χ0) is 13.2. The summed E-state index contributed by atoms with van der Waals surface area (Å²) in [5.41, 5.74) is -0.593. The van der Waals surface area contributed by atoms with Gasteiger partial charge >= 0.3 is 6.09 Å². The van der Waals surface area contributed by atoms with Gasteiger partial charge in [0.05, 0.1) is 10.0 Å². The number of aromatic nitrogens is 1. The first-order chi connectivity index (χ1) is 7.69. The number of nitrogens with zero attached hydrogens (tertiary/aromatic N) is 1. The molecule has 0 fully saturated rings. The Labute approximate surface area is 114 Å². The van der Waals surface area contributed by atoms with E-state index in [1.807, 2.05) is 0 Å². The second kappa shape index (κ2) is 5.29. The number of anilines is 1. The first-order valence-corrected chi connectivity index (χ1v) is 5.84. The molecular formula is C10H11Cl3N2O2. The lowest BCUT2D eigenvalue weighted by molar-refractivity contribution is 0.0635. The Kier molecular flexibility index (Phi) is 4.47. The van der Waals surface area contributed by atoms with Crippen molar-refractivity contribution < 1.29 is 9.53 Å². The Morgan fingerprint density at radius 3 is 2.41 bits per heavy atom. The van der Waals surface area contributed by atoms with Gasteiger partial charge in [-0.25, -0.2) is 9.78 Å². The van der Waals surface area contributed by atoms with Gasteiger partial charge in [0.15, 0.2) is 5.15 Å². The molecule has 1 aromatic rings. The summed E-state index contributed by atoms with van der Waals surface area (Å²) in [4.78, 5) is 15.3. The minimum atomic E-state index is -0.639. The highest BCUT2D eigenvalue weighted by atomic mass is 35.5. The first kappa shape index (κ1) is 14.4. The molecule has 0 aromatic carbocycles. The number of amides is 1. The van der Waals surface area contributed by atoms with Crippen LogP contribution in [0.3, 0.4) is 0 Å². The SMILES string of the molecule is CC(C)(C)OC(=O)Nc1cc(Cl)c(Cl)c(Cl)n1. The first-order valence-electron chi connectivity index (χ1n) is 4.70. The monoisotopic (exact) mass is 296 g/mol. The van der Waals surface area contributed by atoms with Crippen LogP contribution in [0.2, 0.25) is 15.2 Å². The fourth-order valence-corrected chi connectivity index (χ4v) is 1.47. The second-order valence-corrected chi connectivity index (χ2v) is 5.36. The predicted molar refractivity (Wildman–Crippen MR) is 69.1 cm³/mol. The lowest BCUT2D eigenvalue weighted by Gasteiger charge is -2.19. The van der Waals surface area contributed by atoms with Crippen LogP contribution < -0.4 is 5.32 Å². The van der Waals surface area contributed by atoms with Gasteiger partial charge in [-0.1, -0.05) is 34.8 Å². The number of ether oxygens (including phenoxy) is 1. The van der Waals surface area contributed by atoms with E-state index in [1.54, 1.807) is 20.8 Å². The summed E-state index contributed by atoms with van der Waals surface area (Å²) in [5.74, 6) is 0.179. The van der Waals surface area contributed by atoms with Gasteiger partial charge < -0.3 is 4.74 Å². The maximum absolute atomic E-state index is 11.4. The van der Waals surface area contributed by atoms with Crippen LogP contribution in [0.25, 0.3) is 0 Å². The molecule has 0 aliphatic heterocycles. The molecule has 1 N–H and O–H groups in total. The van der Waals surface area contributed by atoms with E-state index >= 15 is 0 Å². The number of nitrogens with one attached hydrogen (secondary N) is 1. The Morgan fingerprint density at radius 1 is 1.35 bits per heavy atom. The van der Waals surface area contributed by atoms with Gasteiger partial charge in [-0.3, -0.25) is 5.32 Å². The van der Waals surface area contributed by atoms with Gasteiger partial charge in [0.2, 0.25) is 0 Å². The molecule has 0 aliphatic carbocycles. The fraction of sp³-hybridized carbons (Fsp3) is 0.400. The molecule has 0 unspecified atom stereocenters. The molecule has 0 radical (unpaired) electrons. The van der Waals surface area contributed by atoms with Crippen LogP contribution in [0.15, 0.2) is 6.07 Å². The highest BCUT2D eigenvalue weighted by molar-refractivity contribution is 6.47. The van der Waals surface area contributed by atoms with E-state index in [0.717, 1.165) is 0 Å². The van der Waals surface area contributed by atoms with Crippen molar-refractivity contribution in [2.75, 3.05) is 5.32 Å². The van der Waals surface area contributed by atoms with E-state index < -0.39 is 11.7 Å². The molecule has 0 spiro atoms. The highest BCUT2D eigenvalue weighted by Gasteiger charge is 2.17. The molecule has 94 valence electrons. The van der Waals surface area contributed by atoms with Crippen LogP contribution in [-0.4, -0.2) is 16.7 Å². The fourth-order valence-electron chi connectivity index (χ4n) is 0.941. The minimum absolute atomic E-state index is 0.0187. The summed E-state index contributed by atoms with van der Waals surface area (Å²) in [6.07, 6.45) is -0.639. The predicted octanol–water partition coefficient (Wildman–Crippen LogP) is 4.39. The van der Waals surface area contributed by atoms with E-state index in [2.05, 4.69) is 10.3 Å². The third kappa shape index (κ3) is 4.58. The van der Waals surface area contributed by atoms with Gasteiger partial charge in [-0.15, -0.1) is 0 Å². The minimum Gasteiger partial charge on any atom is -0.444 e. The quantitative estimate of drug-likeness (QED) is 0.782. The van der Waals surface area contributed by atoms with E-state index in [9.17, 15) is 4.79 Å².